The molecule has 324 valence electrons. The molecule has 5 fully saturated rings. The summed E-state index contributed by atoms with van der Waals surface area (Å²) in [6.07, 6.45) is 8.82. The van der Waals surface area contributed by atoms with Gasteiger partial charge in [-0.3, -0.25) is 29.3 Å². The summed E-state index contributed by atoms with van der Waals surface area (Å²) in [6, 6.07) is 1.49. The Morgan fingerprint density at radius 1 is 1.02 bits per heavy atom. The molecule has 2 aromatic rings. The molecule has 7 rings (SSSR count). The second-order valence-electron chi connectivity index (χ2n) is 18.7. The fourth-order valence-electron chi connectivity index (χ4n) is 12.6. The number of aromatic nitrogens is 2. The lowest BCUT2D eigenvalue weighted by atomic mass is 9.43. The van der Waals surface area contributed by atoms with Crippen molar-refractivity contribution in [1.29, 1.82) is 0 Å². The van der Waals surface area contributed by atoms with Crippen molar-refractivity contribution in [2.24, 2.45) is 46.3 Å². The number of nitro benzene ring substituents is 1. The molecule has 5 aliphatic rings. The fraction of sp³-hybridized carbons (Fsp3) is 0.762. The maximum atomic E-state index is 14.0. The number of carbonyl (C=O) groups is 4. The number of nitrogens with zero attached hydrogens (tertiary/aromatic N) is 4. The number of fused-ring (bicyclic) bond motifs is 6. The number of hydrogen-bond donors (Lipinski definition) is 5. The summed E-state index contributed by atoms with van der Waals surface area (Å²) >= 11 is 0. The quantitative estimate of drug-likeness (QED) is 0.0782. The third kappa shape index (κ3) is 8.37. The first-order valence-electron chi connectivity index (χ1n) is 21.6. The number of anilines is 1. The van der Waals surface area contributed by atoms with E-state index >= 15 is 0 Å². The number of nitro groups is 1. The standard InChI is InChI=1S/C42H61N7O10/c1-23(27-8-9-28-37-29(14-16-42(27,28)3)41(2)15-13-26(50)18-24(41)19-33(37)51)7-12-35(53)48-22-25(20-32(48)40(55)44-21-36(54)58-4)45-34(52)6-5-17-43-30-10-11-31(49(56)57)39-38(30)46-59-47-39/h10-11,23-29,32-33,37,43,50-51H,5-9,12-22H2,1-4H3,(H,44,55)(H,45,52)/t23-,24?,25+,26-,27-,28?,29?,32+,33+,37?,41+,42-/m1/s1. The summed E-state index contributed by atoms with van der Waals surface area (Å²) in [4.78, 5) is 64.6. The molecule has 12 atom stereocenters. The van der Waals surface area contributed by atoms with Crippen molar-refractivity contribution >= 4 is 46.1 Å². The van der Waals surface area contributed by atoms with Crippen molar-refractivity contribution in [2.75, 3.05) is 32.1 Å². The zero-order chi connectivity index (χ0) is 42.2. The Morgan fingerprint density at radius 3 is 2.53 bits per heavy atom. The molecule has 1 aliphatic heterocycles. The van der Waals surface area contributed by atoms with Crippen LogP contribution in [0.4, 0.5) is 11.4 Å². The number of rotatable bonds is 14. The van der Waals surface area contributed by atoms with E-state index in [1.54, 1.807) is 4.90 Å². The van der Waals surface area contributed by atoms with Crippen molar-refractivity contribution in [3.05, 3.63) is 22.2 Å². The van der Waals surface area contributed by atoms with Gasteiger partial charge in [0.25, 0.3) is 0 Å². The molecule has 59 heavy (non-hydrogen) atoms. The van der Waals surface area contributed by atoms with Gasteiger partial charge < -0.3 is 35.8 Å². The molecule has 0 bridgehead atoms. The second kappa shape index (κ2) is 17.3. The number of hydrogen-bond acceptors (Lipinski definition) is 13. The summed E-state index contributed by atoms with van der Waals surface area (Å²) in [7, 11) is 1.23. The van der Waals surface area contributed by atoms with Crippen LogP contribution in [-0.2, 0) is 23.9 Å². The Hall–Kier alpha value is -4.38. The molecule has 1 aromatic heterocycles. The van der Waals surface area contributed by atoms with E-state index in [4.69, 9.17) is 4.63 Å². The Morgan fingerprint density at radius 2 is 1.76 bits per heavy atom. The highest BCUT2D eigenvalue weighted by molar-refractivity contribution is 5.93. The van der Waals surface area contributed by atoms with Crippen LogP contribution < -0.4 is 16.0 Å². The topological polar surface area (TPSA) is 239 Å². The molecule has 0 radical (unpaired) electrons. The normalized spacial score (nSPS) is 34.3. The van der Waals surface area contributed by atoms with Gasteiger partial charge in [0.15, 0.2) is 5.52 Å². The van der Waals surface area contributed by atoms with Crippen molar-refractivity contribution in [1.82, 2.24) is 25.8 Å². The first kappa shape index (κ1) is 42.7. The van der Waals surface area contributed by atoms with E-state index in [-0.39, 0.29) is 95.8 Å². The SMILES string of the molecule is COC(=O)CNC(=O)[C@@H]1C[C@H](NC(=O)CCCNc2ccc([N+](=O)[O-])c3nonc23)CN1C(=O)CC[C@@H](C)[C@H]1CCC2C3C(CC[C@@]21C)[C@@]1(C)CC[C@@H](O)CC1C[C@@H]3O. The van der Waals surface area contributed by atoms with Gasteiger partial charge in [0.05, 0.1) is 29.9 Å². The highest BCUT2D eigenvalue weighted by Gasteiger charge is 2.63. The van der Waals surface area contributed by atoms with E-state index in [2.05, 4.69) is 51.8 Å². The zero-order valence-corrected chi connectivity index (χ0v) is 34.7. The van der Waals surface area contributed by atoms with E-state index in [1.165, 1.54) is 19.2 Å². The van der Waals surface area contributed by atoms with Crippen molar-refractivity contribution in [2.45, 2.75) is 129 Å². The van der Waals surface area contributed by atoms with Crippen molar-refractivity contribution in [3.8, 4) is 0 Å². The summed E-state index contributed by atoms with van der Waals surface area (Å²) in [5, 5.41) is 49.5. The van der Waals surface area contributed by atoms with Crippen LogP contribution in [0, 0.1) is 56.5 Å². The van der Waals surface area contributed by atoms with Crippen LogP contribution in [-0.4, -0.2) is 105 Å². The van der Waals surface area contributed by atoms with Gasteiger partial charge >= 0.3 is 11.7 Å². The highest BCUT2D eigenvalue weighted by atomic mass is 16.6. The molecule has 1 aromatic carbocycles. The molecule has 4 saturated carbocycles. The van der Waals surface area contributed by atoms with Gasteiger partial charge in [0.2, 0.25) is 23.2 Å². The predicted molar refractivity (Wildman–Crippen MR) is 214 cm³/mol. The van der Waals surface area contributed by atoms with Crippen LogP contribution in [0.2, 0.25) is 0 Å². The molecule has 17 nitrogen and oxygen atoms in total. The number of nitrogens with one attached hydrogen (secondary N) is 3. The number of aliphatic hydroxyl groups excluding tert-OH is 2. The molecule has 2 heterocycles. The number of carbonyl (C=O) groups excluding carboxylic acids is 4. The first-order valence-corrected chi connectivity index (χ1v) is 21.6. The van der Waals surface area contributed by atoms with E-state index < -0.39 is 28.9 Å². The molecule has 4 unspecified atom stereocenters. The van der Waals surface area contributed by atoms with Crippen molar-refractivity contribution < 1.29 is 43.7 Å². The molecule has 0 spiro atoms. The van der Waals surface area contributed by atoms with Gasteiger partial charge in [-0.05, 0) is 133 Å². The van der Waals surface area contributed by atoms with Gasteiger partial charge in [-0.15, -0.1) is 0 Å². The van der Waals surface area contributed by atoms with E-state index in [9.17, 15) is 39.5 Å². The summed E-state index contributed by atoms with van der Waals surface area (Å²) in [6.45, 7) is 7.27. The Kier molecular flexibility index (Phi) is 12.5. The Labute approximate surface area is 344 Å². The zero-order valence-electron chi connectivity index (χ0n) is 34.7. The minimum Gasteiger partial charge on any atom is -0.468 e. The lowest BCUT2D eigenvalue weighted by molar-refractivity contribution is -0.383. The van der Waals surface area contributed by atoms with Gasteiger partial charge in [0, 0.05) is 38.0 Å². The molecular formula is C42H61N7O10. The van der Waals surface area contributed by atoms with E-state index in [0.29, 0.717) is 48.7 Å². The van der Waals surface area contributed by atoms with Crippen LogP contribution >= 0.6 is 0 Å². The number of esters is 1. The first-order chi connectivity index (χ1) is 28.1. The number of likely N-dealkylation sites (tertiary alicyclic amines) is 1. The van der Waals surface area contributed by atoms with E-state index in [1.807, 2.05) is 0 Å². The Bertz CT molecular complexity index is 1910. The summed E-state index contributed by atoms with van der Waals surface area (Å²) in [5.74, 6) is 0.664. The van der Waals surface area contributed by atoms with Gasteiger partial charge in [0.1, 0.15) is 12.6 Å². The number of non-ortho nitro benzene ring substituents is 1. The number of benzene rings is 1. The molecule has 4 aliphatic carbocycles. The second-order valence-corrected chi connectivity index (χ2v) is 18.7. The molecular weight excluding hydrogens is 763 g/mol. The monoisotopic (exact) mass is 823 g/mol. The average Bonchev–Trinajstić information content (AvgIpc) is 3.95. The largest absolute Gasteiger partial charge is 0.468 e. The molecule has 3 amide bonds. The molecule has 17 heteroatoms. The molecule has 1 saturated heterocycles. The minimum atomic E-state index is -0.863. The Balaban J connectivity index is 0.936. The lowest BCUT2D eigenvalue weighted by Gasteiger charge is -2.62. The number of aliphatic hydroxyl groups is 2. The highest BCUT2D eigenvalue weighted by Crippen LogP contribution is 2.68. The average molecular weight is 824 g/mol. The lowest BCUT2D eigenvalue weighted by Crippen LogP contribution is -2.58. The van der Waals surface area contributed by atoms with Crippen molar-refractivity contribution in [3.63, 3.8) is 0 Å². The predicted octanol–water partition coefficient (Wildman–Crippen LogP) is 4.10. The minimum absolute atomic E-state index is 0.0244. The van der Waals surface area contributed by atoms with Gasteiger partial charge in [-0.25, -0.2) is 4.63 Å². The van der Waals surface area contributed by atoms with Gasteiger partial charge in [-0.1, -0.05) is 20.8 Å². The van der Waals surface area contributed by atoms with Crippen LogP contribution in [0.1, 0.15) is 104 Å². The number of ether oxygens (including phenoxy) is 1. The number of methoxy groups -OCH3 is 1. The summed E-state index contributed by atoms with van der Waals surface area (Å²) in [5.41, 5.74) is 0.726. The maximum Gasteiger partial charge on any atom is 0.325 e. The molecule has 5 N–H and O–H groups in total. The van der Waals surface area contributed by atoms with E-state index in [0.717, 1.165) is 51.4 Å². The number of amides is 3. The fourth-order valence-corrected chi connectivity index (χ4v) is 12.6. The third-order valence-electron chi connectivity index (χ3n) is 15.6. The van der Waals surface area contributed by atoms with Crippen LogP contribution in [0.25, 0.3) is 11.0 Å². The van der Waals surface area contributed by atoms with Gasteiger partial charge in [-0.2, -0.15) is 0 Å². The van der Waals surface area contributed by atoms with Crippen LogP contribution in [0.15, 0.2) is 16.8 Å². The van der Waals surface area contributed by atoms with Crippen LogP contribution in [0.3, 0.4) is 0 Å². The third-order valence-corrected chi connectivity index (χ3v) is 15.6. The smallest absolute Gasteiger partial charge is 0.325 e. The van der Waals surface area contributed by atoms with Crippen LogP contribution in [0.5, 0.6) is 0 Å². The maximum absolute atomic E-state index is 14.0. The summed E-state index contributed by atoms with van der Waals surface area (Å²) < 4.78 is 9.40.